The third-order valence-corrected chi connectivity index (χ3v) is 5.90. The van der Waals surface area contributed by atoms with E-state index in [4.69, 9.17) is 10.5 Å². The second-order valence-electron chi connectivity index (χ2n) is 8.43. The van der Waals surface area contributed by atoms with Gasteiger partial charge in [0.2, 0.25) is 5.95 Å². The van der Waals surface area contributed by atoms with E-state index in [1.807, 2.05) is 54.1 Å². The number of hydrogen-bond acceptors (Lipinski definition) is 6. The zero-order valence-electron chi connectivity index (χ0n) is 20.5. The minimum atomic E-state index is -0.259. The number of carbonyl (C=O) groups is 2. The molecule has 0 radical (unpaired) electrons. The highest BCUT2D eigenvalue weighted by atomic mass is 35.5. The number of amides is 2. The number of aromatic nitrogens is 3. The topological polar surface area (TPSA) is 124 Å². The number of hydrogen-bond donors (Lipinski definition) is 3. The first-order valence-electron chi connectivity index (χ1n) is 11.7. The number of carbonyl (C=O) groups excluding carboxylic acids is 2. The molecule has 192 valence electrons. The molecule has 1 aliphatic rings. The molecule has 0 aliphatic carbocycles. The maximum absolute atomic E-state index is 12.3. The highest BCUT2D eigenvalue weighted by Gasteiger charge is 2.24. The number of para-hydroxylation sites is 1. The largest absolute Gasteiger partial charge is 0.484 e. The summed E-state index contributed by atoms with van der Waals surface area (Å²) in [5.41, 5.74) is 10.7. The Morgan fingerprint density at radius 1 is 1.16 bits per heavy atom. The molecule has 4 aromatic rings. The first-order chi connectivity index (χ1) is 18.0. The number of nitrogens with zero attached hydrogens (tertiary/aromatic N) is 3. The van der Waals surface area contributed by atoms with Crippen LogP contribution in [0.25, 0.3) is 11.4 Å². The molecule has 10 heteroatoms. The maximum Gasteiger partial charge on any atom is 0.262 e. The lowest BCUT2D eigenvalue weighted by Gasteiger charge is -2.14. The van der Waals surface area contributed by atoms with E-state index in [-0.39, 0.29) is 36.8 Å². The average molecular weight is 529 g/mol. The quantitative estimate of drug-likeness (QED) is 0.342. The van der Waals surface area contributed by atoms with Crippen molar-refractivity contribution in [2.24, 2.45) is 7.05 Å². The summed E-state index contributed by atoms with van der Waals surface area (Å²) in [6.45, 7) is 0.460. The van der Waals surface area contributed by atoms with Gasteiger partial charge in [0.1, 0.15) is 11.4 Å². The van der Waals surface area contributed by atoms with Gasteiger partial charge in [-0.1, -0.05) is 36.1 Å². The molecule has 0 atom stereocenters. The van der Waals surface area contributed by atoms with Crippen LogP contribution in [0.2, 0.25) is 0 Å². The van der Waals surface area contributed by atoms with E-state index in [1.165, 1.54) is 0 Å². The van der Waals surface area contributed by atoms with Crippen LogP contribution in [0.5, 0.6) is 5.75 Å². The lowest BCUT2D eigenvalue weighted by Crippen LogP contribution is -2.31. The number of nitrogen functional groups attached to an aromatic ring is 1. The van der Waals surface area contributed by atoms with E-state index in [9.17, 15) is 9.59 Å². The number of fused-ring (bicyclic) bond motifs is 1. The summed E-state index contributed by atoms with van der Waals surface area (Å²) in [6, 6.07) is 18.2. The predicted molar refractivity (Wildman–Crippen MR) is 147 cm³/mol. The Morgan fingerprint density at radius 2 is 1.97 bits per heavy atom. The van der Waals surface area contributed by atoms with Crippen molar-refractivity contribution in [2.45, 2.75) is 6.42 Å². The lowest BCUT2D eigenvalue weighted by molar-refractivity contribution is -0.118. The Morgan fingerprint density at radius 3 is 2.76 bits per heavy atom. The number of rotatable bonds is 5. The van der Waals surface area contributed by atoms with E-state index in [0.717, 1.165) is 17.8 Å². The fourth-order valence-electron chi connectivity index (χ4n) is 4.11. The first-order valence-corrected chi connectivity index (χ1v) is 11.7. The van der Waals surface area contributed by atoms with Crippen LogP contribution in [0, 0.1) is 11.8 Å². The second kappa shape index (κ2) is 11.5. The summed E-state index contributed by atoms with van der Waals surface area (Å²) in [5.74, 6) is 6.50. The molecule has 0 saturated heterocycles. The molecule has 2 amide bonds. The van der Waals surface area contributed by atoms with Gasteiger partial charge < -0.3 is 25.7 Å². The molecule has 0 bridgehead atoms. The van der Waals surface area contributed by atoms with Crippen LogP contribution in [0.3, 0.4) is 0 Å². The van der Waals surface area contributed by atoms with E-state index in [2.05, 4.69) is 32.4 Å². The van der Waals surface area contributed by atoms with Crippen molar-refractivity contribution in [3.63, 3.8) is 0 Å². The smallest absolute Gasteiger partial charge is 0.262 e. The molecule has 2 aromatic heterocycles. The predicted octanol–water partition coefficient (Wildman–Crippen LogP) is 3.19. The highest BCUT2D eigenvalue weighted by molar-refractivity contribution is 5.98. The van der Waals surface area contributed by atoms with Gasteiger partial charge in [0.15, 0.2) is 6.61 Å². The maximum atomic E-state index is 12.3. The van der Waals surface area contributed by atoms with Crippen molar-refractivity contribution >= 4 is 35.9 Å². The molecular weight excluding hydrogens is 504 g/mol. The van der Waals surface area contributed by atoms with E-state index < -0.39 is 0 Å². The standard InChI is InChI=1S/C28H24N6O3.ClH/c1-34-23-12-13-30-27(36)22(23)15-24(34)26-19(16-31-28(29)33-26)11-10-18-6-5-9-21(14-18)37-17-25(35)32-20-7-3-2-4-8-20;/h2-9,14-16H,12-13,17H2,1H3,(H,30,36)(H,32,35)(H2,29,31,33);1H. The van der Waals surface area contributed by atoms with E-state index in [1.54, 1.807) is 24.4 Å². The zero-order valence-corrected chi connectivity index (χ0v) is 21.3. The Balaban J connectivity index is 0.00000336. The lowest BCUT2D eigenvalue weighted by atomic mass is 10.1. The molecule has 0 fully saturated rings. The number of halogens is 1. The Kier molecular flexibility index (Phi) is 7.94. The van der Waals surface area contributed by atoms with Gasteiger partial charge in [0, 0.05) is 43.2 Å². The van der Waals surface area contributed by atoms with Gasteiger partial charge in [0.05, 0.1) is 16.8 Å². The summed E-state index contributed by atoms with van der Waals surface area (Å²) >= 11 is 0. The zero-order chi connectivity index (χ0) is 25.8. The fraction of sp³-hybridized carbons (Fsp3) is 0.143. The van der Waals surface area contributed by atoms with Gasteiger partial charge in [-0.05, 0) is 36.4 Å². The van der Waals surface area contributed by atoms with Crippen LogP contribution in [-0.2, 0) is 18.3 Å². The molecule has 1 aliphatic heterocycles. The van der Waals surface area contributed by atoms with Crippen LogP contribution in [0.1, 0.15) is 27.2 Å². The number of anilines is 2. The summed E-state index contributed by atoms with van der Waals surface area (Å²) in [7, 11) is 1.90. The van der Waals surface area contributed by atoms with Crippen LogP contribution in [0.15, 0.2) is 66.9 Å². The van der Waals surface area contributed by atoms with E-state index >= 15 is 0 Å². The minimum absolute atomic E-state index is 0. The van der Waals surface area contributed by atoms with Crippen LogP contribution < -0.4 is 21.1 Å². The van der Waals surface area contributed by atoms with Crippen LogP contribution in [0.4, 0.5) is 11.6 Å². The van der Waals surface area contributed by atoms with Gasteiger partial charge in [-0.15, -0.1) is 12.4 Å². The third kappa shape index (κ3) is 5.77. The van der Waals surface area contributed by atoms with Crippen molar-refractivity contribution < 1.29 is 14.3 Å². The van der Waals surface area contributed by atoms with Gasteiger partial charge >= 0.3 is 0 Å². The number of nitrogens with one attached hydrogen (secondary N) is 2. The Labute approximate surface area is 225 Å². The van der Waals surface area contributed by atoms with Gasteiger partial charge in [-0.3, -0.25) is 9.59 Å². The van der Waals surface area contributed by atoms with Crippen molar-refractivity contribution in [2.75, 3.05) is 24.2 Å². The Hall–Kier alpha value is -4.81. The molecular formula is C28H25ClN6O3. The van der Waals surface area contributed by atoms with Crippen LogP contribution >= 0.6 is 12.4 Å². The highest BCUT2D eigenvalue weighted by Crippen LogP contribution is 2.28. The molecule has 38 heavy (non-hydrogen) atoms. The monoisotopic (exact) mass is 528 g/mol. The van der Waals surface area contributed by atoms with Gasteiger partial charge in [-0.2, -0.15) is 0 Å². The van der Waals surface area contributed by atoms with Gasteiger partial charge in [0.25, 0.3) is 11.8 Å². The van der Waals surface area contributed by atoms with Crippen molar-refractivity contribution in [1.82, 2.24) is 19.9 Å². The third-order valence-electron chi connectivity index (χ3n) is 5.90. The molecule has 0 saturated carbocycles. The van der Waals surface area contributed by atoms with Crippen molar-refractivity contribution in [1.29, 1.82) is 0 Å². The number of ether oxygens (including phenoxy) is 1. The summed E-state index contributed by atoms with van der Waals surface area (Å²) < 4.78 is 7.61. The van der Waals surface area contributed by atoms with Crippen molar-refractivity contribution in [3.05, 3.63) is 89.2 Å². The molecule has 0 unspecified atom stereocenters. The van der Waals surface area contributed by atoms with Crippen LogP contribution in [-0.4, -0.2) is 39.5 Å². The molecule has 3 heterocycles. The second-order valence-corrected chi connectivity index (χ2v) is 8.43. The fourth-order valence-corrected chi connectivity index (χ4v) is 4.11. The number of nitrogens with two attached hydrogens (primary N) is 1. The summed E-state index contributed by atoms with van der Waals surface area (Å²) in [6.07, 6.45) is 2.31. The molecule has 4 N–H and O–H groups in total. The average Bonchev–Trinajstić information content (AvgIpc) is 3.25. The molecule has 5 rings (SSSR count). The Bertz CT molecular complexity index is 1560. The first kappa shape index (κ1) is 26.3. The molecule has 0 spiro atoms. The SMILES string of the molecule is Cl.Cn1c(-c2nc(N)ncc2C#Cc2cccc(OCC(=O)Nc3ccccc3)c2)cc2c1CCNC2=O. The molecule has 9 nitrogen and oxygen atoms in total. The van der Waals surface area contributed by atoms with Gasteiger partial charge in [-0.25, -0.2) is 9.97 Å². The number of benzene rings is 2. The molecule has 2 aromatic carbocycles. The van der Waals surface area contributed by atoms with E-state index in [0.29, 0.717) is 40.4 Å². The minimum Gasteiger partial charge on any atom is -0.484 e. The summed E-state index contributed by atoms with van der Waals surface area (Å²) in [4.78, 5) is 33.0. The summed E-state index contributed by atoms with van der Waals surface area (Å²) in [5, 5.41) is 5.64. The normalized spacial score (nSPS) is 11.8. The van der Waals surface area contributed by atoms with Crippen molar-refractivity contribution in [3.8, 4) is 29.0 Å².